The molecule has 0 atom stereocenters. The van der Waals surface area contributed by atoms with Crippen LogP contribution in [0.15, 0.2) is 54.9 Å². The molecule has 0 spiro atoms. The molecule has 0 unspecified atom stereocenters. The quantitative estimate of drug-likeness (QED) is 0.656. The van der Waals surface area contributed by atoms with Crippen LogP contribution in [0, 0.1) is 5.82 Å². The molecule has 0 saturated heterocycles. The number of fused-ring (bicyclic) bond motifs is 1. The lowest BCUT2D eigenvalue weighted by molar-refractivity contribution is 0.613. The Morgan fingerprint density at radius 2 is 1.88 bits per heavy atom. The van der Waals surface area contributed by atoms with E-state index in [2.05, 4.69) is 4.98 Å². The molecule has 3 heteroatoms. The SMILES string of the molecule is Fc1ccccc1Cc1cn2ccccc2n1. The van der Waals surface area contributed by atoms with Crippen LogP contribution in [0.25, 0.3) is 5.65 Å². The largest absolute Gasteiger partial charge is 0.307 e. The molecule has 17 heavy (non-hydrogen) atoms. The van der Waals surface area contributed by atoms with Gasteiger partial charge in [-0.3, -0.25) is 0 Å². The standard InChI is InChI=1S/C14H11FN2/c15-13-6-2-1-5-11(13)9-12-10-17-8-4-3-7-14(17)16-12/h1-8,10H,9H2. The van der Waals surface area contributed by atoms with Gasteiger partial charge < -0.3 is 4.40 Å². The predicted molar refractivity (Wildman–Crippen MR) is 64.4 cm³/mol. The fraction of sp³-hybridized carbons (Fsp3) is 0.0714. The highest BCUT2D eigenvalue weighted by Gasteiger charge is 2.05. The summed E-state index contributed by atoms with van der Waals surface area (Å²) in [7, 11) is 0. The van der Waals surface area contributed by atoms with E-state index in [0.29, 0.717) is 12.0 Å². The molecule has 84 valence electrons. The maximum Gasteiger partial charge on any atom is 0.136 e. The van der Waals surface area contributed by atoms with Gasteiger partial charge in [0.25, 0.3) is 0 Å². The molecule has 0 aliphatic carbocycles. The van der Waals surface area contributed by atoms with Crippen LogP contribution < -0.4 is 0 Å². The van der Waals surface area contributed by atoms with E-state index >= 15 is 0 Å². The first-order valence-corrected chi connectivity index (χ1v) is 5.49. The van der Waals surface area contributed by atoms with E-state index in [1.807, 2.05) is 41.1 Å². The summed E-state index contributed by atoms with van der Waals surface area (Å²) < 4.78 is 15.4. The molecular weight excluding hydrogens is 215 g/mol. The number of pyridine rings is 1. The zero-order valence-electron chi connectivity index (χ0n) is 9.18. The molecule has 2 heterocycles. The topological polar surface area (TPSA) is 17.3 Å². The summed E-state index contributed by atoms with van der Waals surface area (Å²) >= 11 is 0. The summed E-state index contributed by atoms with van der Waals surface area (Å²) in [5, 5.41) is 0. The minimum atomic E-state index is -0.176. The number of aromatic nitrogens is 2. The fourth-order valence-electron chi connectivity index (χ4n) is 1.91. The third kappa shape index (κ3) is 1.91. The van der Waals surface area contributed by atoms with Crippen LogP contribution in [0.4, 0.5) is 4.39 Å². The van der Waals surface area contributed by atoms with E-state index in [0.717, 1.165) is 11.3 Å². The van der Waals surface area contributed by atoms with E-state index in [1.54, 1.807) is 12.1 Å². The molecule has 0 aliphatic rings. The lowest BCUT2D eigenvalue weighted by atomic mass is 10.1. The zero-order chi connectivity index (χ0) is 11.7. The maximum atomic E-state index is 13.5. The average Bonchev–Trinajstić information content (AvgIpc) is 2.74. The lowest BCUT2D eigenvalue weighted by Crippen LogP contribution is -1.91. The van der Waals surface area contributed by atoms with Crippen molar-refractivity contribution in [1.29, 1.82) is 0 Å². The number of rotatable bonds is 2. The van der Waals surface area contributed by atoms with Crippen molar-refractivity contribution in [3.63, 3.8) is 0 Å². The van der Waals surface area contributed by atoms with Gasteiger partial charge in [-0.15, -0.1) is 0 Å². The highest BCUT2D eigenvalue weighted by Crippen LogP contribution is 2.13. The first-order chi connectivity index (χ1) is 8.33. The second kappa shape index (κ2) is 4.01. The molecule has 3 aromatic rings. The Morgan fingerprint density at radius 3 is 2.71 bits per heavy atom. The summed E-state index contributed by atoms with van der Waals surface area (Å²) in [6.45, 7) is 0. The van der Waals surface area contributed by atoms with Gasteiger partial charge in [0.2, 0.25) is 0 Å². The van der Waals surface area contributed by atoms with Gasteiger partial charge in [-0.25, -0.2) is 9.37 Å². The van der Waals surface area contributed by atoms with Crippen molar-refractivity contribution in [2.24, 2.45) is 0 Å². The van der Waals surface area contributed by atoms with Gasteiger partial charge in [0.1, 0.15) is 11.5 Å². The van der Waals surface area contributed by atoms with Crippen LogP contribution in [0.2, 0.25) is 0 Å². The Balaban J connectivity index is 1.98. The van der Waals surface area contributed by atoms with Gasteiger partial charge in [-0.05, 0) is 23.8 Å². The fourth-order valence-corrected chi connectivity index (χ4v) is 1.91. The summed E-state index contributed by atoms with van der Waals surface area (Å²) in [5.41, 5.74) is 2.44. The molecule has 2 aromatic heterocycles. The van der Waals surface area contributed by atoms with Crippen molar-refractivity contribution in [2.45, 2.75) is 6.42 Å². The molecule has 3 rings (SSSR count). The van der Waals surface area contributed by atoms with Gasteiger partial charge in [0.05, 0.1) is 5.69 Å². The van der Waals surface area contributed by atoms with Crippen molar-refractivity contribution in [1.82, 2.24) is 9.38 Å². The maximum absolute atomic E-state index is 13.5. The number of hydrogen-bond donors (Lipinski definition) is 0. The molecule has 0 radical (unpaired) electrons. The van der Waals surface area contributed by atoms with Gasteiger partial charge in [-0.2, -0.15) is 0 Å². The second-order valence-corrected chi connectivity index (χ2v) is 3.97. The molecule has 0 fully saturated rings. The number of benzene rings is 1. The molecule has 0 bridgehead atoms. The highest BCUT2D eigenvalue weighted by molar-refractivity contribution is 5.40. The minimum Gasteiger partial charge on any atom is -0.307 e. The van der Waals surface area contributed by atoms with Crippen molar-refractivity contribution in [3.8, 4) is 0 Å². The number of nitrogens with zero attached hydrogens (tertiary/aromatic N) is 2. The van der Waals surface area contributed by atoms with E-state index < -0.39 is 0 Å². The van der Waals surface area contributed by atoms with Gasteiger partial charge in [0.15, 0.2) is 0 Å². The summed E-state index contributed by atoms with van der Waals surface area (Å²) in [5.74, 6) is -0.176. The van der Waals surface area contributed by atoms with E-state index in [1.165, 1.54) is 6.07 Å². The van der Waals surface area contributed by atoms with E-state index in [-0.39, 0.29) is 5.82 Å². The normalized spacial score (nSPS) is 10.9. The summed E-state index contributed by atoms with van der Waals surface area (Å²) in [6.07, 6.45) is 4.39. The molecule has 2 nitrogen and oxygen atoms in total. The van der Waals surface area contributed by atoms with Gasteiger partial charge in [0, 0.05) is 18.8 Å². The summed E-state index contributed by atoms with van der Waals surface area (Å²) in [6, 6.07) is 12.6. The smallest absolute Gasteiger partial charge is 0.136 e. The van der Waals surface area contributed by atoms with Crippen LogP contribution in [0.1, 0.15) is 11.3 Å². The number of hydrogen-bond acceptors (Lipinski definition) is 1. The van der Waals surface area contributed by atoms with Crippen molar-refractivity contribution < 1.29 is 4.39 Å². The second-order valence-electron chi connectivity index (χ2n) is 3.97. The third-order valence-electron chi connectivity index (χ3n) is 2.74. The van der Waals surface area contributed by atoms with Crippen LogP contribution >= 0.6 is 0 Å². The Labute approximate surface area is 98.4 Å². The lowest BCUT2D eigenvalue weighted by Gasteiger charge is -1.98. The first-order valence-electron chi connectivity index (χ1n) is 5.49. The molecule has 0 aliphatic heterocycles. The van der Waals surface area contributed by atoms with Crippen molar-refractivity contribution in [3.05, 3.63) is 71.9 Å². The zero-order valence-corrected chi connectivity index (χ0v) is 9.18. The Bertz CT molecular complexity index is 625. The van der Waals surface area contributed by atoms with Gasteiger partial charge in [-0.1, -0.05) is 24.3 Å². The molecule has 0 amide bonds. The Kier molecular flexibility index (Phi) is 2.37. The predicted octanol–water partition coefficient (Wildman–Crippen LogP) is 3.06. The van der Waals surface area contributed by atoms with E-state index in [4.69, 9.17) is 0 Å². The van der Waals surface area contributed by atoms with Crippen LogP contribution in [-0.4, -0.2) is 9.38 Å². The van der Waals surface area contributed by atoms with Crippen LogP contribution in [-0.2, 0) is 6.42 Å². The average molecular weight is 226 g/mol. The third-order valence-corrected chi connectivity index (χ3v) is 2.74. The van der Waals surface area contributed by atoms with Crippen LogP contribution in [0.5, 0.6) is 0 Å². The number of halogens is 1. The highest BCUT2D eigenvalue weighted by atomic mass is 19.1. The minimum absolute atomic E-state index is 0.176. The number of imidazole rings is 1. The van der Waals surface area contributed by atoms with Crippen LogP contribution in [0.3, 0.4) is 0 Å². The van der Waals surface area contributed by atoms with E-state index in [9.17, 15) is 4.39 Å². The molecular formula is C14H11FN2. The first kappa shape index (κ1) is 10.0. The molecule has 1 aromatic carbocycles. The summed E-state index contributed by atoms with van der Waals surface area (Å²) in [4.78, 5) is 4.45. The van der Waals surface area contributed by atoms with Gasteiger partial charge >= 0.3 is 0 Å². The molecule has 0 saturated carbocycles. The Morgan fingerprint density at radius 1 is 1.06 bits per heavy atom. The van der Waals surface area contributed by atoms with Crippen molar-refractivity contribution >= 4 is 5.65 Å². The monoisotopic (exact) mass is 226 g/mol. The Hall–Kier alpha value is -2.16. The molecule has 0 N–H and O–H groups in total. The van der Waals surface area contributed by atoms with Crippen molar-refractivity contribution in [2.75, 3.05) is 0 Å².